The molecular weight excluding hydrogens is 265 g/mol. The average molecular weight is 277 g/mol. The number of anilines is 3. The molecule has 3 N–H and O–H groups in total. The van der Waals surface area contributed by atoms with Gasteiger partial charge in [-0.1, -0.05) is 6.07 Å². The molecule has 0 spiro atoms. The Hall–Kier alpha value is -2.83. The van der Waals surface area contributed by atoms with Crippen molar-refractivity contribution in [3.63, 3.8) is 0 Å². The van der Waals surface area contributed by atoms with Crippen molar-refractivity contribution in [3.05, 3.63) is 52.3 Å². The Labute approximate surface area is 114 Å². The summed E-state index contributed by atoms with van der Waals surface area (Å²) in [5.41, 5.74) is 6.09. The fourth-order valence-electron chi connectivity index (χ4n) is 1.76. The Bertz CT molecular complexity index is 661. The number of ether oxygens (including phenoxy) is 1. The smallest absolute Gasteiger partial charge is 0.315 e. The van der Waals surface area contributed by atoms with E-state index in [4.69, 9.17) is 10.5 Å². The van der Waals surface area contributed by atoms with E-state index < -0.39 is 10.7 Å². The molecule has 0 heterocycles. The number of nitro groups is 1. The fourth-order valence-corrected chi connectivity index (χ4v) is 1.76. The molecule has 2 rings (SSSR count). The number of nitrogens with zero attached hydrogens (tertiary/aromatic N) is 1. The number of para-hydroxylation sites is 1. The minimum Gasteiger partial charge on any atom is -0.494 e. The van der Waals surface area contributed by atoms with Gasteiger partial charge in [0.2, 0.25) is 0 Å². The van der Waals surface area contributed by atoms with Crippen LogP contribution >= 0.6 is 0 Å². The molecule has 0 aromatic heterocycles. The highest BCUT2D eigenvalue weighted by Gasteiger charge is 2.18. The summed E-state index contributed by atoms with van der Waals surface area (Å²) in [6.45, 7) is 0. The van der Waals surface area contributed by atoms with Crippen LogP contribution in [-0.2, 0) is 0 Å². The normalized spacial score (nSPS) is 10.1. The largest absolute Gasteiger partial charge is 0.494 e. The van der Waals surface area contributed by atoms with E-state index in [0.29, 0.717) is 5.69 Å². The fraction of sp³-hybridized carbons (Fsp3) is 0.0769. The molecule has 7 heteroatoms. The predicted molar refractivity (Wildman–Crippen MR) is 73.7 cm³/mol. The molecule has 0 bridgehead atoms. The maximum atomic E-state index is 13.3. The van der Waals surface area contributed by atoms with Gasteiger partial charge in [0, 0.05) is 11.8 Å². The van der Waals surface area contributed by atoms with Gasteiger partial charge in [0.05, 0.1) is 12.0 Å². The molecule has 0 radical (unpaired) electrons. The Morgan fingerprint density at radius 2 is 2.10 bits per heavy atom. The van der Waals surface area contributed by atoms with Crippen molar-refractivity contribution in [2.24, 2.45) is 0 Å². The summed E-state index contributed by atoms with van der Waals surface area (Å²) in [4.78, 5) is 10.4. The minimum atomic E-state index is -0.571. The van der Waals surface area contributed by atoms with Crippen LogP contribution in [0.4, 0.5) is 27.1 Å². The van der Waals surface area contributed by atoms with Crippen molar-refractivity contribution in [1.82, 2.24) is 0 Å². The first-order valence-corrected chi connectivity index (χ1v) is 5.66. The number of rotatable bonds is 4. The minimum absolute atomic E-state index is 0.0431. The summed E-state index contributed by atoms with van der Waals surface area (Å²) >= 11 is 0. The van der Waals surface area contributed by atoms with Crippen molar-refractivity contribution in [1.29, 1.82) is 0 Å². The zero-order valence-electron chi connectivity index (χ0n) is 10.6. The lowest BCUT2D eigenvalue weighted by atomic mass is 10.2. The molecule has 0 aliphatic heterocycles. The zero-order chi connectivity index (χ0) is 14.7. The van der Waals surface area contributed by atoms with Crippen molar-refractivity contribution < 1.29 is 14.1 Å². The Morgan fingerprint density at radius 3 is 2.75 bits per heavy atom. The molecule has 0 amide bonds. The van der Waals surface area contributed by atoms with Gasteiger partial charge in [0.1, 0.15) is 11.4 Å². The average Bonchev–Trinajstić information content (AvgIpc) is 2.40. The molecule has 0 aliphatic rings. The zero-order valence-corrected chi connectivity index (χ0v) is 10.6. The number of methoxy groups -OCH3 is 1. The molecular formula is C13H12FN3O3. The highest BCUT2D eigenvalue weighted by molar-refractivity contribution is 5.78. The second-order valence-corrected chi connectivity index (χ2v) is 3.97. The molecule has 6 nitrogen and oxygen atoms in total. The van der Waals surface area contributed by atoms with Gasteiger partial charge in [-0.05, 0) is 24.3 Å². The van der Waals surface area contributed by atoms with Crippen molar-refractivity contribution in [3.8, 4) is 5.75 Å². The van der Waals surface area contributed by atoms with E-state index in [1.54, 1.807) is 6.07 Å². The molecule has 0 aliphatic carbocycles. The molecule has 0 fully saturated rings. The molecule has 2 aromatic rings. The Kier molecular flexibility index (Phi) is 3.69. The van der Waals surface area contributed by atoms with Crippen LogP contribution in [0.2, 0.25) is 0 Å². The highest BCUT2D eigenvalue weighted by atomic mass is 19.1. The molecule has 0 saturated carbocycles. The van der Waals surface area contributed by atoms with Crippen LogP contribution in [0.5, 0.6) is 5.75 Å². The third-order valence-electron chi connectivity index (χ3n) is 2.68. The van der Waals surface area contributed by atoms with E-state index in [0.717, 1.165) is 0 Å². The van der Waals surface area contributed by atoms with Crippen molar-refractivity contribution in [2.75, 3.05) is 18.2 Å². The lowest BCUT2D eigenvalue weighted by Gasteiger charge is -2.10. The number of halogens is 1. The predicted octanol–water partition coefficient (Wildman–Crippen LogP) is 3.07. The standard InChI is InChI=1S/C13H12FN3O3/c1-20-12-7-8(5-6-9(12)14)16-11-4-2-3-10(15)13(11)17(18)19/h2-7,16H,15H2,1H3. The lowest BCUT2D eigenvalue weighted by molar-refractivity contribution is -0.383. The maximum absolute atomic E-state index is 13.3. The molecule has 0 saturated heterocycles. The van der Waals surface area contributed by atoms with Gasteiger partial charge in [-0.15, -0.1) is 0 Å². The summed E-state index contributed by atoms with van der Waals surface area (Å²) in [5.74, 6) is -0.471. The van der Waals surface area contributed by atoms with Gasteiger partial charge >= 0.3 is 5.69 Å². The molecule has 0 atom stereocenters. The van der Waals surface area contributed by atoms with E-state index >= 15 is 0 Å². The van der Waals surface area contributed by atoms with Crippen LogP contribution < -0.4 is 15.8 Å². The Balaban J connectivity index is 2.40. The topological polar surface area (TPSA) is 90.4 Å². The number of nitrogens with one attached hydrogen (secondary N) is 1. The number of nitrogens with two attached hydrogens (primary N) is 1. The second kappa shape index (κ2) is 5.43. The van der Waals surface area contributed by atoms with Crippen LogP contribution in [0.3, 0.4) is 0 Å². The van der Waals surface area contributed by atoms with E-state index in [1.165, 1.54) is 37.4 Å². The molecule has 2 aromatic carbocycles. The number of nitrogen functional groups attached to an aromatic ring is 1. The van der Waals surface area contributed by atoms with Gasteiger partial charge in [-0.3, -0.25) is 10.1 Å². The lowest BCUT2D eigenvalue weighted by Crippen LogP contribution is -2.01. The third-order valence-corrected chi connectivity index (χ3v) is 2.68. The SMILES string of the molecule is COc1cc(Nc2cccc(N)c2[N+](=O)[O-])ccc1F. The Morgan fingerprint density at radius 1 is 1.35 bits per heavy atom. The van der Waals surface area contributed by atoms with Crippen LogP contribution in [-0.4, -0.2) is 12.0 Å². The number of hydrogen-bond donors (Lipinski definition) is 2. The van der Waals surface area contributed by atoms with Gasteiger partial charge in [-0.2, -0.15) is 0 Å². The van der Waals surface area contributed by atoms with E-state index in [-0.39, 0.29) is 22.8 Å². The first kappa shape index (κ1) is 13.6. The van der Waals surface area contributed by atoms with Gasteiger partial charge < -0.3 is 15.8 Å². The second-order valence-electron chi connectivity index (χ2n) is 3.97. The maximum Gasteiger partial charge on any atom is 0.315 e. The molecule has 104 valence electrons. The number of benzene rings is 2. The molecule has 0 unspecified atom stereocenters. The highest BCUT2D eigenvalue weighted by Crippen LogP contribution is 2.33. The summed E-state index contributed by atoms with van der Waals surface area (Å²) in [6, 6.07) is 8.61. The first-order valence-electron chi connectivity index (χ1n) is 5.66. The molecule has 20 heavy (non-hydrogen) atoms. The summed E-state index contributed by atoms with van der Waals surface area (Å²) < 4.78 is 18.2. The monoisotopic (exact) mass is 277 g/mol. The number of hydrogen-bond acceptors (Lipinski definition) is 5. The van der Waals surface area contributed by atoms with Crippen molar-refractivity contribution in [2.45, 2.75) is 0 Å². The van der Waals surface area contributed by atoms with E-state index in [9.17, 15) is 14.5 Å². The van der Waals surface area contributed by atoms with E-state index in [2.05, 4.69) is 5.32 Å². The van der Waals surface area contributed by atoms with Gasteiger partial charge in [0.15, 0.2) is 11.6 Å². The first-order chi connectivity index (χ1) is 9.52. The quantitative estimate of drug-likeness (QED) is 0.509. The van der Waals surface area contributed by atoms with Crippen LogP contribution in [0.25, 0.3) is 0 Å². The third kappa shape index (κ3) is 2.61. The van der Waals surface area contributed by atoms with Gasteiger partial charge in [-0.25, -0.2) is 4.39 Å². The van der Waals surface area contributed by atoms with Gasteiger partial charge in [0.25, 0.3) is 0 Å². The summed E-state index contributed by atoms with van der Waals surface area (Å²) in [7, 11) is 1.34. The van der Waals surface area contributed by atoms with Crippen molar-refractivity contribution >= 4 is 22.7 Å². The summed E-state index contributed by atoms with van der Waals surface area (Å²) in [5, 5.41) is 13.8. The van der Waals surface area contributed by atoms with Crippen LogP contribution in [0, 0.1) is 15.9 Å². The van der Waals surface area contributed by atoms with E-state index in [1.807, 2.05) is 0 Å². The number of nitro benzene ring substituents is 1. The van der Waals surface area contributed by atoms with Crippen LogP contribution in [0.15, 0.2) is 36.4 Å². The summed E-state index contributed by atoms with van der Waals surface area (Å²) in [6.07, 6.45) is 0. The van der Waals surface area contributed by atoms with Crippen LogP contribution in [0.1, 0.15) is 0 Å².